The summed E-state index contributed by atoms with van der Waals surface area (Å²) < 4.78 is 1.93. The van der Waals surface area contributed by atoms with Gasteiger partial charge in [0.15, 0.2) is 0 Å². The van der Waals surface area contributed by atoms with Crippen molar-refractivity contribution >= 4 is 0 Å². The Labute approximate surface area is 83.3 Å². The van der Waals surface area contributed by atoms with Crippen LogP contribution in [0.3, 0.4) is 0 Å². The van der Waals surface area contributed by atoms with Crippen molar-refractivity contribution < 1.29 is 8.97 Å². The van der Waals surface area contributed by atoms with Crippen molar-refractivity contribution in [2.75, 3.05) is 55.4 Å². The first-order chi connectivity index (χ1) is 5.71. The Bertz CT molecular complexity index is 195. The van der Waals surface area contributed by atoms with Crippen molar-refractivity contribution in [3.63, 3.8) is 0 Å². The summed E-state index contributed by atoms with van der Waals surface area (Å²) >= 11 is 0. The molecule has 0 amide bonds. The molecule has 0 saturated heterocycles. The molecule has 0 saturated carbocycles. The second-order valence-corrected chi connectivity index (χ2v) is 5.57. The van der Waals surface area contributed by atoms with Crippen molar-refractivity contribution in [2.24, 2.45) is 0 Å². The Hall–Kier alpha value is -0.520. The third kappa shape index (κ3) is 11.5. The maximum Gasteiger partial charge on any atom is 0.140 e. The molecule has 0 aromatic rings. The normalized spacial score (nSPS) is 12.2. The molecule has 0 unspecified atom stereocenters. The lowest BCUT2D eigenvalue weighted by Gasteiger charge is -2.22. The van der Waals surface area contributed by atoms with Crippen LogP contribution in [0, 0.1) is 11.8 Å². The van der Waals surface area contributed by atoms with Gasteiger partial charge < -0.3 is 8.97 Å². The van der Waals surface area contributed by atoms with E-state index in [2.05, 4.69) is 54.1 Å². The van der Waals surface area contributed by atoms with Gasteiger partial charge in [-0.15, -0.1) is 0 Å². The van der Waals surface area contributed by atoms with Gasteiger partial charge in [-0.1, -0.05) is 5.92 Å². The molecule has 13 heavy (non-hydrogen) atoms. The van der Waals surface area contributed by atoms with E-state index in [4.69, 9.17) is 0 Å². The Morgan fingerprint density at radius 3 is 1.69 bits per heavy atom. The Morgan fingerprint density at radius 1 is 0.769 bits per heavy atom. The van der Waals surface area contributed by atoms with Crippen molar-refractivity contribution in [2.45, 2.75) is 6.42 Å². The van der Waals surface area contributed by atoms with E-state index in [1.165, 1.54) is 0 Å². The van der Waals surface area contributed by atoms with E-state index in [1.807, 2.05) is 0 Å². The first-order valence-electron chi connectivity index (χ1n) is 4.77. The fourth-order valence-corrected chi connectivity index (χ4v) is 0.773. The van der Waals surface area contributed by atoms with Gasteiger partial charge in [0.25, 0.3) is 0 Å². The highest BCUT2D eigenvalue weighted by Gasteiger charge is 2.04. The minimum atomic E-state index is 0.928. The quantitative estimate of drug-likeness (QED) is 0.449. The zero-order chi connectivity index (χ0) is 10.5. The Morgan fingerprint density at radius 2 is 1.31 bits per heavy atom. The molecule has 2 nitrogen and oxygen atoms in total. The van der Waals surface area contributed by atoms with Gasteiger partial charge >= 0.3 is 0 Å². The lowest BCUT2D eigenvalue weighted by Crippen LogP contribution is -2.35. The SMILES string of the molecule is C[N+](C)(C)CC#CCC[N+](C)(C)C. The summed E-state index contributed by atoms with van der Waals surface area (Å²) in [6.45, 7) is 2.07. The van der Waals surface area contributed by atoms with Gasteiger partial charge in [-0.2, -0.15) is 0 Å². The third-order valence-electron chi connectivity index (χ3n) is 1.59. The van der Waals surface area contributed by atoms with Gasteiger partial charge in [-0.05, 0) is 5.92 Å². The molecular weight excluding hydrogens is 160 g/mol. The monoisotopic (exact) mass is 184 g/mol. The van der Waals surface area contributed by atoms with Gasteiger partial charge in [0, 0.05) is 0 Å². The zero-order valence-corrected chi connectivity index (χ0v) is 10.0. The van der Waals surface area contributed by atoms with Gasteiger partial charge in [-0.3, -0.25) is 0 Å². The average Bonchev–Trinajstić information content (AvgIpc) is 1.81. The van der Waals surface area contributed by atoms with Crippen LogP contribution in [-0.2, 0) is 0 Å². The second-order valence-electron chi connectivity index (χ2n) is 5.57. The molecule has 0 rings (SSSR count). The minimum absolute atomic E-state index is 0.928. The summed E-state index contributed by atoms with van der Waals surface area (Å²) in [5.41, 5.74) is 0. The van der Waals surface area contributed by atoms with E-state index in [0.717, 1.165) is 28.5 Å². The van der Waals surface area contributed by atoms with Gasteiger partial charge in [-0.25, -0.2) is 0 Å². The second kappa shape index (κ2) is 4.64. The summed E-state index contributed by atoms with van der Waals surface area (Å²) in [4.78, 5) is 0. The summed E-state index contributed by atoms with van der Waals surface area (Å²) in [5, 5.41) is 0. The summed E-state index contributed by atoms with van der Waals surface area (Å²) in [5.74, 6) is 6.43. The Balaban J connectivity index is 3.65. The summed E-state index contributed by atoms with van der Waals surface area (Å²) in [6.07, 6.45) is 1.00. The topological polar surface area (TPSA) is 0 Å². The molecular formula is C11H24N2+2. The van der Waals surface area contributed by atoms with Crippen molar-refractivity contribution in [3.8, 4) is 11.8 Å². The van der Waals surface area contributed by atoms with Crippen LogP contribution in [0.25, 0.3) is 0 Å². The molecule has 0 aromatic heterocycles. The number of hydrogen-bond donors (Lipinski definition) is 0. The number of rotatable bonds is 3. The van der Waals surface area contributed by atoms with Crippen LogP contribution in [0.1, 0.15) is 6.42 Å². The van der Waals surface area contributed by atoms with Crippen LogP contribution in [0.15, 0.2) is 0 Å². The van der Waals surface area contributed by atoms with E-state index < -0.39 is 0 Å². The number of hydrogen-bond acceptors (Lipinski definition) is 0. The molecule has 0 aliphatic carbocycles. The molecule has 2 heteroatoms. The third-order valence-corrected chi connectivity index (χ3v) is 1.59. The zero-order valence-electron chi connectivity index (χ0n) is 10.0. The number of quaternary nitrogens is 2. The molecule has 0 N–H and O–H groups in total. The number of nitrogens with zero attached hydrogens (tertiary/aromatic N) is 2. The fourth-order valence-electron chi connectivity index (χ4n) is 0.773. The van der Waals surface area contributed by atoms with E-state index >= 15 is 0 Å². The van der Waals surface area contributed by atoms with Crippen molar-refractivity contribution in [3.05, 3.63) is 0 Å². The highest BCUT2D eigenvalue weighted by molar-refractivity contribution is 4.98. The van der Waals surface area contributed by atoms with Gasteiger partial charge in [0.05, 0.1) is 55.3 Å². The predicted molar refractivity (Wildman–Crippen MR) is 58.2 cm³/mol. The molecule has 0 bridgehead atoms. The van der Waals surface area contributed by atoms with E-state index in [0.29, 0.717) is 0 Å². The summed E-state index contributed by atoms with van der Waals surface area (Å²) in [6, 6.07) is 0. The molecule has 0 aliphatic rings. The first-order valence-corrected chi connectivity index (χ1v) is 4.77. The maximum atomic E-state index is 3.22. The van der Waals surface area contributed by atoms with Gasteiger partial charge in [0.2, 0.25) is 0 Å². The van der Waals surface area contributed by atoms with Gasteiger partial charge in [0.1, 0.15) is 6.54 Å². The summed E-state index contributed by atoms with van der Waals surface area (Å²) in [7, 11) is 13.1. The van der Waals surface area contributed by atoms with Crippen LogP contribution in [0.2, 0.25) is 0 Å². The molecule has 0 aliphatic heterocycles. The highest BCUT2D eigenvalue weighted by Crippen LogP contribution is 1.92. The van der Waals surface area contributed by atoms with Crippen LogP contribution in [0.4, 0.5) is 0 Å². The molecule has 0 spiro atoms. The molecule has 0 radical (unpaired) electrons. The first kappa shape index (κ1) is 12.5. The van der Waals surface area contributed by atoms with E-state index in [1.54, 1.807) is 0 Å². The predicted octanol–water partition coefficient (Wildman–Crippen LogP) is 0.792. The van der Waals surface area contributed by atoms with Crippen LogP contribution in [-0.4, -0.2) is 64.3 Å². The smallest absolute Gasteiger partial charge is 0.140 e. The van der Waals surface area contributed by atoms with E-state index in [9.17, 15) is 0 Å². The lowest BCUT2D eigenvalue weighted by atomic mass is 10.3. The lowest BCUT2D eigenvalue weighted by molar-refractivity contribution is -0.869. The largest absolute Gasteiger partial charge is 0.330 e. The van der Waals surface area contributed by atoms with Crippen LogP contribution in [0.5, 0.6) is 0 Å². The molecule has 0 aromatic carbocycles. The molecule has 76 valence electrons. The van der Waals surface area contributed by atoms with Crippen molar-refractivity contribution in [1.29, 1.82) is 0 Å². The standard InChI is InChI=1S/C11H24N2/c1-12(2,3)10-8-7-9-11-13(4,5)6/h8,10-11H2,1-6H3/q+2. The maximum absolute atomic E-state index is 3.22. The van der Waals surface area contributed by atoms with Crippen LogP contribution < -0.4 is 0 Å². The average molecular weight is 184 g/mol. The van der Waals surface area contributed by atoms with Crippen LogP contribution >= 0.6 is 0 Å². The minimum Gasteiger partial charge on any atom is -0.330 e. The van der Waals surface area contributed by atoms with Crippen molar-refractivity contribution in [1.82, 2.24) is 0 Å². The molecule has 0 heterocycles. The Kier molecular flexibility index (Phi) is 4.46. The van der Waals surface area contributed by atoms with E-state index in [-0.39, 0.29) is 0 Å². The molecule has 0 atom stereocenters. The highest BCUT2D eigenvalue weighted by atomic mass is 15.3. The fraction of sp³-hybridized carbons (Fsp3) is 0.818. The molecule has 0 fully saturated rings.